The summed E-state index contributed by atoms with van der Waals surface area (Å²) in [6, 6.07) is 0. The summed E-state index contributed by atoms with van der Waals surface area (Å²) in [4.78, 5) is -1.09. The van der Waals surface area contributed by atoms with Crippen LogP contribution in [0.25, 0.3) is 0 Å². The molecule has 2 atom stereocenters. The quantitative estimate of drug-likeness (QED) is 0.201. The second-order valence-corrected chi connectivity index (χ2v) is 9.35. The van der Waals surface area contributed by atoms with E-state index in [1.165, 1.54) is 0 Å². The Morgan fingerprint density at radius 1 is 1.16 bits per heavy atom. The summed E-state index contributed by atoms with van der Waals surface area (Å²) in [5, 5.41) is -6.65. The second kappa shape index (κ2) is 7.69. The monoisotopic (exact) mass is 561 g/mol. The Labute approximate surface area is 168 Å². The van der Waals surface area contributed by atoms with Gasteiger partial charge in [0.2, 0.25) is 0 Å². The molecule has 0 aromatic carbocycles. The highest BCUT2D eigenvalue weighted by molar-refractivity contribution is 9.12. The van der Waals surface area contributed by atoms with Crippen LogP contribution in [0, 0.1) is 5.38 Å². The van der Waals surface area contributed by atoms with E-state index in [-0.39, 0.29) is 16.3 Å². The molecule has 0 bridgehead atoms. The van der Waals surface area contributed by atoms with E-state index in [0.29, 0.717) is 12.5 Å². The standard InChI is InChI=1S/C12H8Br2Cl2F7OS/c1-2-3-9(14)7(15)5(13)4-6(8(9)16)25(24)12(22,23)10(17,18)11(19,20)21/h4H,2-3H2,1H3. The third kappa shape index (κ3) is 4.01. The number of halogens is 11. The summed E-state index contributed by atoms with van der Waals surface area (Å²) < 4.78 is 101. The summed E-state index contributed by atoms with van der Waals surface area (Å²) in [6.07, 6.45) is -5.51. The topological polar surface area (TPSA) is 23.1 Å². The van der Waals surface area contributed by atoms with Crippen LogP contribution in [0.2, 0.25) is 0 Å². The molecule has 1 aliphatic carbocycles. The van der Waals surface area contributed by atoms with Crippen LogP contribution in [0.3, 0.4) is 0 Å². The van der Waals surface area contributed by atoms with E-state index in [0.717, 1.165) is 0 Å². The van der Waals surface area contributed by atoms with Crippen molar-refractivity contribution >= 4 is 66.2 Å². The molecule has 0 fully saturated rings. The lowest BCUT2D eigenvalue weighted by atomic mass is 9.94. The Hall–Kier alpha value is 0.840. The molecule has 1 rings (SSSR count). The molecule has 1 nitrogen and oxygen atoms in total. The Bertz CT molecular complexity index is 597. The van der Waals surface area contributed by atoms with Crippen molar-refractivity contribution in [3.05, 3.63) is 25.9 Å². The van der Waals surface area contributed by atoms with Crippen molar-refractivity contribution in [3.8, 4) is 0 Å². The first kappa shape index (κ1) is 23.9. The second-order valence-electron chi connectivity index (χ2n) is 4.89. The van der Waals surface area contributed by atoms with Crippen molar-refractivity contribution in [2.75, 3.05) is 0 Å². The van der Waals surface area contributed by atoms with Gasteiger partial charge in [0.1, 0.15) is 5.38 Å². The summed E-state index contributed by atoms with van der Waals surface area (Å²) in [5.74, 6) is -6.53. The average molecular weight is 564 g/mol. The highest BCUT2D eigenvalue weighted by Crippen LogP contribution is 2.57. The highest BCUT2D eigenvalue weighted by Gasteiger charge is 2.80. The minimum atomic E-state index is -6.60. The molecule has 2 unspecified atom stereocenters. The molecule has 13 heteroatoms. The first-order valence-electron chi connectivity index (χ1n) is 6.29. The van der Waals surface area contributed by atoms with Gasteiger partial charge in [-0.05, 0) is 6.42 Å². The van der Waals surface area contributed by atoms with Crippen molar-refractivity contribution in [2.24, 2.45) is 0 Å². The summed E-state index contributed by atoms with van der Waals surface area (Å²) in [6.45, 7) is 1.66. The molecule has 1 radical (unpaired) electrons. The number of allylic oxidation sites excluding steroid dienone is 3. The van der Waals surface area contributed by atoms with Gasteiger partial charge in [0, 0.05) is 10.6 Å². The summed E-state index contributed by atoms with van der Waals surface area (Å²) in [7, 11) is 0. The van der Waals surface area contributed by atoms with Gasteiger partial charge in [-0.1, -0.05) is 56.8 Å². The van der Waals surface area contributed by atoms with Crippen molar-refractivity contribution < 1.29 is 35.3 Å². The molecule has 1 aliphatic rings. The maximum absolute atomic E-state index is 13.7. The van der Waals surface area contributed by atoms with E-state index in [2.05, 4.69) is 31.9 Å². The predicted octanol–water partition coefficient (Wildman–Crippen LogP) is 6.97. The fourth-order valence-corrected chi connectivity index (χ4v) is 5.71. The Morgan fingerprint density at radius 2 is 1.64 bits per heavy atom. The van der Waals surface area contributed by atoms with Gasteiger partial charge in [-0.15, -0.1) is 20.4 Å². The Balaban J connectivity index is 3.50. The zero-order valence-electron chi connectivity index (χ0n) is 12.0. The van der Waals surface area contributed by atoms with Crippen molar-refractivity contribution in [3.63, 3.8) is 0 Å². The fraction of sp³-hybridized carbons (Fsp3) is 0.583. The predicted molar refractivity (Wildman–Crippen MR) is 89.6 cm³/mol. The molecule has 145 valence electrons. The highest BCUT2D eigenvalue weighted by atomic mass is 79.9. The van der Waals surface area contributed by atoms with E-state index >= 15 is 0 Å². The van der Waals surface area contributed by atoms with E-state index in [4.69, 9.17) is 23.2 Å². The van der Waals surface area contributed by atoms with Crippen LogP contribution in [0.15, 0.2) is 20.5 Å². The molecule has 0 amide bonds. The number of hydrogen-bond donors (Lipinski definition) is 0. The van der Waals surface area contributed by atoms with Gasteiger partial charge in [-0.2, -0.15) is 22.0 Å². The Kier molecular flexibility index (Phi) is 7.35. The van der Waals surface area contributed by atoms with Gasteiger partial charge in [-0.3, -0.25) is 0 Å². The first-order chi connectivity index (χ1) is 11.1. The zero-order chi connectivity index (χ0) is 20.0. The zero-order valence-corrected chi connectivity index (χ0v) is 17.5. The molecule has 0 aliphatic heterocycles. The molecule has 0 aromatic rings. The molecule has 0 heterocycles. The Morgan fingerprint density at radius 3 is 2.04 bits per heavy atom. The molecule has 0 N–H and O–H groups in total. The lowest BCUT2D eigenvalue weighted by Gasteiger charge is -2.36. The van der Waals surface area contributed by atoms with E-state index in [9.17, 15) is 35.3 Å². The SMILES string of the molecule is CCCC1(Br)[C](Cl)C(Br)=CC([S+]([O-])C(F)(F)C(F)(F)C(F)(F)F)=C1Cl. The lowest BCUT2D eigenvalue weighted by molar-refractivity contribution is -0.331. The fourth-order valence-electron chi connectivity index (χ4n) is 1.84. The van der Waals surface area contributed by atoms with Crippen LogP contribution < -0.4 is 0 Å². The molecule has 25 heavy (non-hydrogen) atoms. The van der Waals surface area contributed by atoms with Crippen LogP contribution in [0.4, 0.5) is 30.7 Å². The van der Waals surface area contributed by atoms with Crippen molar-refractivity contribution in [2.45, 2.75) is 41.4 Å². The van der Waals surface area contributed by atoms with Gasteiger partial charge in [0.05, 0.1) is 20.5 Å². The minimum Gasteiger partial charge on any atom is -0.606 e. The minimum absolute atomic E-state index is 0.0500. The van der Waals surface area contributed by atoms with Crippen LogP contribution in [-0.4, -0.2) is 26.2 Å². The summed E-state index contributed by atoms with van der Waals surface area (Å²) >= 11 is 13.8. The lowest BCUT2D eigenvalue weighted by Crippen LogP contribution is -2.56. The smallest absolute Gasteiger partial charge is 0.486 e. The normalized spacial score (nSPS) is 25.2. The van der Waals surface area contributed by atoms with E-state index in [1.807, 2.05) is 0 Å². The third-order valence-electron chi connectivity index (χ3n) is 3.13. The first-order valence-corrected chi connectivity index (χ1v) is 9.78. The molecular formula is C12H8Br2Cl2F7OS. The van der Waals surface area contributed by atoms with Crippen LogP contribution in [0.1, 0.15) is 19.8 Å². The molecular weight excluding hydrogens is 556 g/mol. The van der Waals surface area contributed by atoms with E-state index in [1.54, 1.807) is 6.92 Å². The number of rotatable bonds is 5. The third-order valence-corrected chi connectivity index (χ3v) is 8.24. The summed E-state index contributed by atoms with van der Waals surface area (Å²) in [5.41, 5.74) is 0. The van der Waals surface area contributed by atoms with Crippen molar-refractivity contribution in [1.82, 2.24) is 0 Å². The van der Waals surface area contributed by atoms with Crippen LogP contribution >= 0.6 is 55.1 Å². The van der Waals surface area contributed by atoms with Crippen LogP contribution in [0.5, 0.6) is 0 Å². The average Bonchev–Trinajstić information content (AvgIpc) is 2.47. The largest absolute Gasteiger partial charge is 0.606 e. The number of alkyl halides is 8. The molecule has 0 saturated carbocycles. The maximum atomic E-state index is 13.7. The molecule has 0 spiro atoms. The van der Waals surface area contributed by atoms with Gasteiger partial charge >= 0.3 is 17.4 Å². The van der Waals surface area contributed by atoms with Gasteiger partial charge in [0.15, 0.2) is 4.91 Å². The van der Waals surface area contributed by atoms with Gasteiger partial charge in [-0.25, -0.2) is 0 Å². The van der Waals surface area contributed by atoms with Crippen molar-refractivity contribution in [1.29, 1.82) is 0 Å². The van der Waals surface area contributed by atoms with Gasteiger partial charge < -0.3 is 4.55 Å². The number of hydrogen-bond acceptors (Lipinski definition) is 1. The van der Waals surface area contributed by atoms with Gasteiger partial charge in [0.25, 0.3) is 0 Å². The maximum Gasteiger partial charge on any atom is 0.486 e. The van der Waals surface area contributed by atoms with E-state index < -0.39 is 42.8 Å². The van der Waals surface area contributed by atoms with Crippen LogP contribution in [-0.2, 0) is 11.2 Å². The molecule has 0 aromatic heterocycles. The molecule has 0 saturated heterocycles.